The molecule has 0 radical (unpaired) electrons. The van der Waals surface area contributed by atoms with Crippen LogP contribution >= 0.6 is 34.5 Å². The molecule has 1 aromatic heterocycles. The SMILES string of the molecule is COCCC(C)(O)CNC(=O)c1cc(Cl)sc1Cl. The van der Waals surface area contributed by atoms with Crippen molar-refractivity contribution in [3.05, 3.63) is 20.3 Å². The third-order valence-electron chi connectivity index (χ3n) is 2.38. The summed E-state index contributed by atoms with van der Waals surface area (Å²) in [5.74, 6) is -0.346. The van der Waals surface area contributed by atoms with Gasteiger partial charge in [0.25, 0.3) is 5.91 Å². The number of carbonyl (C=O) groups is 1. The first-order chi connectivity index (χ1) is 8.35. The Hall–Kier alpha value is -0.330. The van der Waals surface area contributed by atoms with Gasteiger partial charge < -0.3 is 15.2 Å². The van der Waals surface area contributed by atoms with Gasteiger partial charge in [-0.3, -0.25) is 4.79 Å². The number of thiophene rings is 1. The number of rotatable bonds is 6. The normalized spacial score (nSPS) is 14.3. The van der Waals surface area contributed by atoms with Crippen LogP contribution in [0.4, 0.5) is 0 Å². The average molecular weight is 312 g/mol. The lowest BCUT2D eigenvalue weighted by Gasteiger charge is -2.23. The van der Waals surface area contributed by atoms with Crippen LogP contribution in [-0.2, 0) is 4.74 Å². The van der Waals surface area contributed by atoms with Gasteiger partial charge in [-0.1, -0.05) is 23.2 Å². The molecule has 1 rings (SSSR count). The van der Waals surface area contributed by atoms with Gasteiger partial charge in [-0.05, 0) is 13.0 Å². The summed E-state index contributed by atoms with van der Waals surface area (Å²) in [5, 5.41) is 12.6. The highest BCUT2D eigenvalue weighted by molar-refractivity contribution is 7.20. The zero-order valence-corrected chi connectivity index (χ0v) is 12.5. The summed E-state index contributed by atoms with van der Waals surface area (Å²) in [6.07, 6.45) is 0.432. The van der Waals surface area contributed by atoms with E-state index in [4.69, 9.17) is 27.9 Å². The van der Waals surface area contributed by atoms with E-state index in [1.807, 2.05) is 0 Å². The van der Waals surface area contributed by atoms with Crippen molar-refractivity contribution in [2.75, 3.05) is 20.3 Å². The van der Waals surface area contributed by atoms with Gasteiger partial charge in [-0.15, -0.1) is 11.3 Å². The van der Waals surface area contributed by atoms with Crippen LogP contribution in [0.2, 0.25) is 8.67 Å². The lowest BCUT2D eigenvalue weighted by Crippen LogP contribution is -2.41. The van der Waals surface area contributed by atoms with Crippen LogP contribution in [0, 0.1) is 0 Å². The van der Waals surface area contributed by atoms with Gasteiger partial charge >= 0.3 is 0 Å². The van der Waals surface area contributed by atoms with E-state index < -0.39 is 5.60 Å². The molecule has 1 heterocycles. The van der Waals surface area contributed by atoms with E-state index in [-0.39, 0.29) is 12.5 Å². The summed E-state index contributed by atoms with van der Waals surface area (Å²) in [4.78, 5) is 11.8. The van der Waals surface area contributed by atoms with Crippen LogP contribution in [0.5, 0.6) is 0 Å². The molecule has 0 saturated heterocycles. The highest BCUT2D eigenvalue weighted by atomic mass is 35.5. The Bertz CT molecular complexity index is 420. The molecule has 0 aromatic carbocycles. The van der Waals surface area contributed by atoms with Crippen LogP contribution in [0.3, 0.4) is 0 Å². The predicted octanol–water partition coefficient (Wildman–Crippen LogP) is 2.57. The van der Waals surface area contributed by atoms with Crippen molar-refractivity contribution in [2.24, 2.45) is 0 Å². The standard InChI is InChI=1S/C11H15Cl2NO3S/c1-11(16,3-4-17-2)6-14-10(15)7-5-8(12)18-9(7)13/h5,16H,3-4,6H2,1-2H3,(H,14,15). The molecule has 4 nitrogen and oxygen atoms in total. The second kappa shape index (κ2) is 6.73. The number of hydrogen-bond donors (Lipinski definition) is 2. The van der Waals surface area contributed by atoms with Crippen molar-refractivity contribution in [1.29, 1.82) is 0 Å². The zero-order chi connectivity index (χ0) is 13.8. The number of hydrogen-bond acceptors (Lipinski definition) is 4. The molecule has 18 heavy (non-hydrogen) atoms. The third kappa shape index (κ3) is 4.74. The Morgan fingerprint density at radius 3 is 2.78 bits per heavy atom. The van der Waals surface area contributed by atoms with Crippen LogP contribution < -0.4 is 5.32 Å². The average Bonchev–Trinajstić information content (AvgIpc) is 2.63. The summed E-state index contributed by atoms with van der Waals surface area (Å²) in [6.45, 7) is 2.18. The first-order valence-electron chi connectivity index (χ1n) is 5.30. The molecule has 0 aliphatic rings. The fraction of sp³-hybridized carbons (Fsp3) is 0.545. The molecule has 0 aliphatic carbocycles. The Morgan fingerprint density at radius 2 is 2.28 bits per heavy atom. The Kier molecular flexibility index (Phi) is 5.88. The molecule has 0 aliphatic heterocycles. The van der Waals surface area contributed by atoms with Crippen LogP contribution in [0.1, 0.15) is 23.7 Å². The number of aliphatic hydroxyl groups is 1. The molecule has 1 unspecified atom stereocenters. The van der Waals surface area contributed by atoms with E-state index in [1.165, 1.54) is 6.07 Å². The summed E-state index contributed by atoms with van der Waals surface area (Å²) in [6, 6.07) is 1.51. The number of ether oxygens (including phenoxy) is 1. The van der Waals surface area contributed by atoms with Gasteiger partial charge in [-0.25, -0.2) is 0 Å². The van der Waals surface area contributed by atoms with Crippen LogP contribution in [0.25, 0.3) is 0 Å². The Balaban J connectivity index is 2.53. The maximum absolute atomic E-state index is 11.8. The van der Waals surface area contributed by atoms with Gasteiger partial charge in [0.2, 0.25) is 0 Å². The minimum Gasteiger partial charge on any atom is -0.388 e. The maximum atomic E-state index is 11.8. The van der Waals surface area contributed by atoms with Crippen molar-refractivity contribution >= 4 is 40.4 Å². The molecule has 7 heteroatoms. The van der Waals surface area contributed by atoms with E-state index >= 15 is 0 Å². The van der Waals surface area contributed by atoms with Crippen molar-refractivity contribution in [3.8, 4) is 0 Å². The zero-order valence-electron chi connectivity index (χ0n) is 10.1. The van der Waals surface area contributed by atoms with Gasteiger partial charge in [0.15, 0.2) is 0 Å². The first kappa shape index (κ1) is 15.7. The van der Waals surface area contributed by atoms with E-state index in [9.17, 15) is 9.90 Å². The molecule has 2 N–H and O–H groups in total. The van der Waals surface area contributed by atoms with E-state index in [0.717, 1.165) is 11.3 Å². The van der Waals surface area contributed by atoms with Gasteiger partial charge in [0, 0.05) is 26.7 Å². The number of amides is 1. The van der Waals surface area contributed by atoms with E-state index in [2.05, 4.69) is 5.32 Å². The fourth-order valence-corrected chi connectivity index (χ4v) is 2.73. The summed E-state index contributed by atoms with van der Waals surface area (Å²) < 4.78 is 5.68. The third-order valence-corrected chi connectivity index (χ3v) is 3.86. The highest BCUT2D eigenvalue weighted by Crippen LogP contribution is 2.31. The molecule has 102 valence electrons. The van der Waals surface area contributed by atoms with Gasteiger partial charge in [0.1, 0.15) is 4.34 Å². The summed E-state index contributed by atoms with van der Waals surface area (Å²) in [7, 11) is 1.56. The first-order valence-corrected chi connectivity index (χ1v) is 6.87. The molecule has 0 fully saturated rings. The Morgan fingerprint density at radius 1 is 1.61 bits per heavy atom. The summed E-state index contributed by atoms with van der Waals surface area (Å²) >= 11 is 12.8. The lowest BCUT2D eigenvalue weighted by atomic mass is 10.0. The van der Waals surface area contributed by atoms with Crippen molar-refractivity contribution in [3.63, 3.8) is 0 Å². The number of halogens is 2. The number of nitrogens with one attached hydrogen (secondary N) is 1. The monoisotopic (exact) mass is 311 g/mol. The Labute approximate surface area is 120 Å². The smallest absolute Gasteiger partial charge is 0.253 e. The van der Waals surface area contributed by atoms with Crippen LogP contribution in [0.15, 0.2) is 6.07 Å². The molecule has 0 spiro atoms. The topological polar surface area (TPSA) is 58.6 Å². The summed E-state index contributed by atoms with van der Waals surface area (Å²) in [5.41, 5.74) is -0.688. The lowest BCUT2D eigenvalue weighted by molar-refractivity contribution is 0.0244. The predicted molar refractivity (Wildman–Crippen MR) is 73.8 cm³/mol. The molecule has 0 saturated carbocycles. The number of methoxy groups -OCH3 is 1. The van der Waals surface area contributed by atoms with Gasteiger partial charge in [-0.2, -0.15) is 0 Å². The molecule has 1 atom stereocenters. The minimum absolute atomic E-state index is 0.124. The second-order valence-electron chi connectivity index (χ2n) is 4.16. The minimum atomic E-state index is -1.02. The van der Waals surface area contributed by atoms with E-state index in [1.54, 1.807) is 14.0 Å². The van der Waals surface area contributed by atoms with Crippen molar-refractivity contribution < 1.29 is 14.6 Å². The van der Waals surface area contributed by atoms with Gasteiger partial charge in [0.05, 0.1) is 15.5 Å². The van der Waals surface area contributed by atoms with Crippen molar-refractivity contribution in [2.45, 2.75) is 18.9 Å². The molecule has 1 amide bonds. The molecule has 1 aromatic rings. The van der Waals surface area contributed by atoms with Crippen molar-refractivity contribution in [1.82, 2.24) is 5.32 Å². The molecular weight excluding hydrogens is 297 g/mol. The van der Waals surface area contributed by atoms with Crippen LogP contribution in [-0.4, -0.2) is 36.9 Å². The van der Waals surface area contributed by atoms with E-state index in [0.29, 0.717) is 27.3 Å². The molecule has 0 bridgehead atoms. The second-order valence-corrected chi connectivity index (χ2v) is 6.45. The fourth-order valence-electron chi connectivity index (χ4n) is 1.27. The highest BCUT2D eigenvalue weighted by Gasteiger charge is 2.22. The maximum Gasteiger partial charge on any atom is 0.253 e. The largest absolute Gasteiger partial charge is 0.388 e. The molecular formula is C11H15Cl2NO3S. The quantitative estimate of drug-likeness (QED) is 0.849. The number of carbonyl (C=O) groups excluding carboxylic acids is 1.